The Bertz CT molecular complexity index is 1260. The highest BCUT2D eigenvalue weighted by molar-refractivity contribution is 7.85. The number of benzene rings is 2. The summed E-state index contributed by atoms with van der Waals surface area (Å²) in [5.74, 6) is -0.717. The molecule has 0 radical (unpaired) electrons. The first-order valence-corrected chi connectivity index (χ1v) is 13.7. The molecule has 2 amide bonds. The lowest BCUT2D eigenvalue weighted by atomic mass is 10.0. The SMILES string of the molecule is O=C(OCc1ccccc1)N1C[C@@H]2CN(c3ccc(N4C[C@@H](CCS(=O)(=O)[O-])OC4=O)cc3F)C[C@@H]2C1. The summed E-state index contributed by atoms with van der Waals surface area (Å²) in [6.07, 6.45) is -1.92. The fourth-order valence-electron chi connectivity index (χ4n) is 5.23. The standard InChI is InChI=1S/C25H28FN3O7S/c26-22-10-20(29-15-21(36-25(29)31)8-9-37(32,33)34)6-7-23(22)27-11-18-13-28(14-19(18)12-27)24(30)35-16-17-4-2-1-3-5-17/h1-7,10,18-19,21H,8-9,11-16H2,(H,32,33,34)/p-1/t18-,19+,21-/m1/s1. The molecule has 2 aromatic carbocycles. The van der Waals surface area contributed by atoms with E-state index in [0.717, 1.165) is 5.56 Å². The monoisotopic (exact) mass is 532 g/mol. The topological polar surface area (TPSA) is 120 Å². The molecule has 3 heterocycles. The molecule has 3 saturated heterocycles. The van der Waals surface area contributed by atoms with Crippen LogP contribution in [0.3, 0.4) is 0 Å². The number of fused-ring (bicyclic) bond motifs is 1. The summed E-state index contributed by atoms with van der Waals surface area (Å²) in [5.41, 5.74) is 1.64. The minimum atomic E-state index is -4.42. The molecule has 2 aromatic rings. The number of nitrogens with zero attached hydrogens (tertiary/aromatic N) is 3. The Labute approximate surface area is 214 Å². The van der Waals surface area contributed by atoms with Gasteiger partial charge in [-0.05, 0) is 30.2 Å². The van der Waals surface area contributed by atoms with Crippen molar-refractivity contribution < 1.29 is 36.4 Å². The largest absolute Gasteiger partial charge is 0.748 e. The number of ether oxygens (including phenoxy) is 2. The van der Waals surface area contributed by atoms with Crippen LogP contribution in [0.15, 0.2) is 48.5 Å². The highest BCUT2D eigenvalue weighted by atomic mass is 32.2. The molecule has 3 aliphatic heterocycles. The van der Waals surface area contributed by atoms with Crippen molar-refractivity contribution in [1.29, 1.82) is 0 Å². The van der Waals surface area contributed by atoms with Gasteiger partial charge in [-0.25, -0.2) is 22.4 Å². The van der Waals surface area contributed by atoms with E-state index < -0.39 is 33.9 Å². The molecule has 10 nitrogen and oxygen atoms in total. The van der Waals surface area contributed by atoms with E-state index in [4.69, 9.17) is 9.47 Å². The Morgan fingerprint density at radius 2 is 1.76 bits per heavy atom. The van der Waals surface area contributed by atoms with Gasteiger partial charge in [0.25, 0.3) is 0 Å². The van der Waals surface area contributed by atoms with Gasteiger partial charge >= 0.3 is 12.2 Å². The van der Waals surface area contributed by atoms with Gasteiger partial charge in [0.1, 0.15) is 18.5 Å². The van der Waals surface area contributed by atoms with Crippen molar-refractivity contribution in [2.75, 3.05) is 48.3 Å². The van der Waals surface area contributed by atoms with E-state index >= 15 is 4.39 Å². The summed E-state index contributed by atoms with van der Waals surface area (Å²) in [6.45, 7) is 2.56. The molecule has 0 aliphatic carbocycles. The number of cyclic esters (lactones) is 1. The minimum Gasteiger partial charge on any atom is -0.748 e. The number of halogens is 1. The maximum Gasteiger partial charge on any atom is 0.414 e. The molecule has 0 saturated carbocycles. The van der Waals surface area contributed by atoms with Crippen LogP contribution in [0.4, 0.5) is 25.4 Å². The molecule has 0 aromatic heterocycles. The Kier molecular flexibility index (Phi) is 6.95. The fraction of sp³-hybridized carbons (Fsp3) is 0.440. The predicted octanol–water partition coefficient (Wildman–Crippen LogP) is 2.79. The van der Waals surface area contributed by atoms with E-state index in [1.165, 1.54) is 11.0 Å². The number of hydrogen-bond acceptors (Lipinski definition) is 8. The highest BCUT2D eigenvalue weighted by Crippen LogP contribution is 2.36. The van der Waals surface area contributed by atoms with Crippen molar-refractivity contribution in [2.45, 2.75) is 19.1 Å². The number of likely N-dealkylation sites (tertiary alicyclic amines) is 1. The van der Waals surface area contributed by atoms with Crippen LogP contribution in [-0.2, 0) is 26.2 Å². The van der Waals surface area contributed by atoms with Crippen LogP contribution in [0.5, 0.6) is 0 Å². The van der Waals surface area contributed by atoms with Crippen LogP contribution >= 0.6 is 0 Å². The Morgan fingerprint density at radius 3 is 2.41 bits per heavy atom. The zero-order valence-electron chi connectivity index (χ0n) is 20.0. The van der Waals surface area contributed by atoms with Crippen LogP contribution in [-0.4, -0.2) is 74.6 Å². The van der Waals surface area contributed by atoms with Gasteiger partial charge in [-0.3, -0.25) is 4.90 Å². The maximum atomic E-state index is 15.1. The normalized spacial score (nSPS) is 23.4. The molecule has 0 bridgehead atoms. The van der Waals surface area contributed by atoms with E-state index in [0.29, 0.717) is 37.6 Å². The molecular formula is C25H27FN3O7S-. The van der Waals surface area contributed by atoms with Crippen molar-refractivity contribution in [3.63, 3.8) is 0 Å². The molecule has 0 spiro atoms. The van der Waals surface area contributed by atoms with Crippen LogP contribution in [0.25, 0.3) is 0 Å². The summed E-state index contributed by atoms with van der Waals surface area (Å²) in [5, 5.41) is 0. The molecule has 3 aliphatic rings. The van der Waals surface area contributed by atoms with Gasteiger partial charge in [-0.2, -0.15) is 0 Å². The molecular weight excluding hydrogens is 505 g/mol. The number of carbonyl (C=O) groups is 2. The molecule has 5 rings (SSSR count). The lowest BCUT2D eigenvalue weighted by Crippen LogP contribution is -2.33. The molecule has 0 N–H and O–H groups in total. The van der Waals surface area contributed by atoms with Gasteiger partial charge in [0, 0.05) is 43.8 Å². The fourth-order valence-corrected chi connectivity index (χ4v) is 5.78. The molecule has 37 heavy (non-hydrogen) atoms. The number of rotatable bonds is 7. The zero-order valence-corrected chi connectivity index (χ0v) is 20.8. The van der Waals surface area contributed by atoms with Gasteiger partial charge in [0.05, 0.1) is 28.0 Å². The Balaban J connectivity index is 1.15. The highest BCUT2D eigenvalue weighted by Gasteiger charge is 2.43. The summed E-state index contributed by atoms with van der Waals surface area (Å²) in [6, 6.07) is 14.0. The van der Waals surface area contributed by atoms with Crippen molar-refractivity contribution in [1.82, 2.24) is 4.90 Å². The average molecular weight is 533 g/mol. The number of carbonyl (C=O) groups excluding carboxylic acids is 2. The van der Waals surface area contributed by atoms with Gasteiger partial charge in [0.2, 0.25) is 0 Å². The number of amides is 2. The van der Waals surface area contributed by atoms with Gasteiger partial charge in [-0.15, -0.1) is 0 Å². The van der Waals surface area contributed by atoms with Crippen molar-refractivity contribution in [2.24, 2.45) is 11.8 Å². The van der Waals surface area contributed by atoms with E-state index in [2.05, 4.69) is 0 Å². The summed E-state index contributed by atoms with van der Waals surface area (Å²) >= 11 is 0. The first kappa shape index (κ1) is 25.3. The summed E-state index contributed by atoms with van der Waals surface area (Å²) in [4.78, 5) is 29.6. The summed E-state index contributed by atoms with van der Waals surface area (Å²) < 4.78 is 58.2. The minimum absolute atomic E-state index is 0.0389. The third-order valence-corrected chi connectivity index (χ3v) is 7.83. The first-order valence-electron chi connectivity index (χ1n) is 12.1. The average Bonchev–Trinajstić information content (AvgIpc) is 3.54. The smallest absolute Gasteiger partial charge is 0.414 e. The quantitative estimate of drug-likeness (QED) is 0.500. The molecule has 3 atom stereocenters. The molecule has 198 valence electrons. The van der Waals surface area contributed by atoms with E-state index in [9.17, 15) is 22.6 Å². The second-order valence-corrected chi connectivity index (χ2v) is 11.2. The van der Waals surface area contributed by atoms with Crippen LogP contribution in [0, 0.1) is 17.7 Å². The Morgan fingerprint density at radius 1 is 1.05 bits per heavy atom. The lowest BCUT2D eigenvalue weighted by molar-refractivity contribution is 0.102. The van der Waals surface area contributed by atoms with Gasteiger partial charge in [-0.1, -0.05) is 30.3 Å². The van der Waals surface area contributed by atoms with Crippen molar-refractivity contribution in [3.8, 4) is 0 Å². The third-order valence-electron chi connectivity index (χ3n) is 7.10. The molecule has 0 unspecified atom stereocenters. The van der Waals surface area contributed by atoms with Gasteiger partial charge in [0.15, 0.2) is 0 Å². The van der Waals surface area contributed by atoms with E-state index in [-0.39, 0.29) is 37.5 Å². The van der Waals surface area contributed by atoms with Gasteiger partial charge < -0.3 is 23.8 Å². The second kappa shape index (κ2) is 10.2. The zero-order chi connectivity index (χ0) is 26.2. The summed E-state index contributed by atoms with van der Waals surface area (Å²) in [7, 11) is -4.42. The van der Waals surface area contributed by atoms with Crippen LogP contribution in [0.2, 0.25) is 0 Å². The Hall–Kier alpha value is -3.38. The third kappa shape index (κ3) is 5.80. The van der Waals surface area contributed by atoms with Crippen LogP contribution in [0.1, 0.15) is 12.0 Å². The van der Waals surface area contributed by atoms with Crippen molar-refractivity contribution in [3.05, 3.63) is 59.9 Å². The van der Waals surface area contributed by atoms with Crippen molar-refractivity contribution >= 4 is 33.7 Å². The van der Waals surface area contributed by atoms with E-state index in [1.807, 2.05) is 35.2 Å². The first-order chi connectivity index (χ1) is 17.7. The molecule has 12 heteroatoms. The predicted molar refractivity (Wildman–Crippen MR) is 131 cm³/mol. The maximum absolute atomic E-state index is 15.1. The number of hydrogen-bond donors (Lipinski definition) is 0. The lowest BCUT2D eigenvalue weighted by Gasteiger charge is -2.24. The van der Waals surface area contributed by atoms with E-state index in [1.54, 1.807) is 17.0 Å². The van der Waals surface area contributed by atoms with Crippen LogP contribution < -0.4 is 9.80 Å². The second-order valence-electron chi connectivity index (χ2n) is 9.67. The molecule has 3 fully saturated rings. The number of anilines is 2.